The second kappa shape index (κ2) is 4.96. The monoisotopic (exact) mass is 211 g/mol. The molecule has 4 nitrogen and oxygen atoms in total. The van der Waals surface area contributed by atoms with Crippen molar-refractivity contribution in [2.45, 2.75) is 39.5 Å². The van der Waals surface area contributed by atoms with E-state index in [1.54, 1.807) is 11.8 Å². The molecule has 1 N–H and O–H groups in total. The molecule has 84 valence electrons. The molecule has 15 heavy (non-hydrogen) atoms. The number of hydrogen-bond acceptors (Lipinski definition) is 2. The van der Waals surface area contributed by atoms with Gasteiger partial charge in [-0.05, 0) is 13.3 Å². The molecule has 0 fully saturated rings. The van der Waals surface area contributed by atoms with E-state index in [2.05, 4.69) is 6.92 Å². The number of carbonyl (C=O) groups excluding carboxylic acids is 1. The van der Waals surface area contributed by atoms with Gasteiger partial charge in [0.2, 0.25) is 5.91 Å². The summed E-state index contributed by atoms with van der Waals surface area (Å²) in [6.07, 6.45) is 3.15. The molecule has 0 aromatic heterocycles. The van der Waals surface area contributed by atoms with E-state index in [1.165, 1.54) is 0 Å². The normalized spacial score (nSPS) is 16.4. The zero-order chi connectivity index (χ0) is 11.4. The predicted molar refractivity (Wildman–Crippen MR) is 56.2 cm³/mol. The van der Waals surface area contributed by atoms with E-state index in [0.717, 1.165) is 19.3 Å². The molecule has 0 bridgehead atoms. The Hall–Kier alpha value is -1.32. The number of carboxylic acids is 1. The van der Waals surface area contributed by atoms with Gasteiger partial charge in [-0.3, -0.25) is 4.79 Å². The molecule has 0 spiro atoms. The largest absolute Gasteiger partial charge is 0.478 e. The van der Waals surface area contributed by atoms with Crippen molar-refractivity contribution in [2.24, 2.45) is 0 Å². The van der Waals surface area contributed by atoms with Crippen LogP contribution in [0.2, 0.25) is 0 Å². The van der Waals surface area contributed by atoms with Gasteiger partial charge in [0.25, 0.3) is 0 Å². The van der Waals surface area contributed by atoms with Gasteiger partial charge in [0.15, 0.2) is 0 Å². The minimum Gasteiger partial charge on any atom is -0.478 e. The van der Waals surface area contributed by atoms with E-state index >= 15 is 0 Å². The summed E-state index contributed by atoms with van der Waals surface area (Å²) in [6.45, 7) is 4.45. The molecule has 0 aromatic carbocycles. The first-order chi connectivity index (χ1) is 7.07. The lowest BCUT2D eigenvalue weighted by atomic mass is 10.2. The zero-order valence-corrected chi connectivity index (χ0v) is 9.25. The molecular weight excluding hydrogens is 194 g/mol. The smallest absolute Gasteiger partial charge is 0.333 e. The van der Waals surface area contributed by atoms with Crippen LogP contribution in [0.3, 0.4) is 0 Å². The van der Waals surface area contributed by atoms with Gasteiger partial charge in [0.05, 0.1) is 12.0 Å². The highest BCUT2D eigenvalue weighted by molar-refractivity contribution is 5.99. The fourth-order valence-electron chi connectivity index (χ4n) is 1.77. The summed E-state index contributed by atoms with van der Waals surface area (Å²) in [6, 6.07) is 0. The van der Waals surface area contributed by atoms with E-state index in [4.69, 9.17) is 5.11 Å². The highest BCUT2D eigenvalue weighted by Gasteiger charge is 2.30. The minimum atomic E-state index is -0.973. The minimum absolute atomic E-state index is 0.0489. The van der Waals surface area contributed by atoms with Crippen LogP contribution in [0.5, 0.6) is 0 Å². The molecule has 0 aromatic rings. The first-order valence-corrected chi connectivity index (χ1v) is 5.31. The van der Waals surface area contributed by atoms with Gasteiger partial charge in [-0.1, -0.05) is 19.8 Å². The second-order valence-electron chi connectivity index (χ2n) is 3.80. The summed E-state index contributed by atoms with van der Waals surface area (Å²) >= 11 is 0. The molecule has 0 saturated carbocycles. The number of carboxylic acid groups (broad SMARTS) is 1. The van der Waals surface area contributed by atoms with Crippen LogP contribution in [0.25, 0.3) is 0 Å². The Labute approximate surface area is 89.6 Å². The van der Waals surface area contributed by atoms with Gasteiger partial charge < -0.3 is 10.0 Å². The molecule has 0 saturated heterocycles. The molecule has 0 aliphatic carbocycles. The molecule has 4 heteroatoms. The SMILES string of the molecule is CCCCCN1C(=O)CC(C(=O)O)=C1C. The molecule has 1 aliphatic heterocycles. The van der Waals surface area contributed by atoms with Gasteiger partial charge in [0.1, 0.15) is 0 Å². The van der Waals surface area contributed by atoms with Crippen molar-refractivity contribution in [3.8, 4) is 0 Å². The summed E-state index contributed by atoms with van der Waals surface area (Å²) in [5, 5.41) is 8.85. The van der Waals surface area contributed by atoms with Gasteiger partial charge in [0, 0.05) is 12.2 Å². The number of amides is 1. The van der Waals surface area contributed by atoms with Crippen LogP contribution in [-0.4, -0.2) is 28.4 Å². The predicted octanol–water partition coefficient (Wildman–Crippen LogP) is 1.77. The summed E-state index contributed by atoms with van der Waals surface area (Å²) < 4.78 is 0. The third-order valence-electron chi connectivity index (χ3n) is 2.71. The maximum Gasteiger partial charge on any atom is 0.333 e. The van der Waals surface area contributed by atoms with Crippen LogP contribution >= 0.6 is 0 Å². The third kappa shape index (κ3) is 2.58. The van der Waals surface area contributed by atoms with E-state index in [0.29, 0.717) is 12.2 Å². The Balaban J connectivity index is 2.64. The fourth-order valence-corrected chi connectivity index (χ4v) is 1.77. The number of rotatable bonds is 5. The summed E-state index contributed by atoms with van der Waals surface area (Å²) in [4.78, 5) is 23.9. The van der Waals surface area contributed by atoms with Crippen molar-refractivity contribution >= 4 is 11.9 Å². The van der Waals surface area contributed by atoms with Crippen molar-refractivity contribution in [1.29, 1.82) is 0 Å². The molecule has 0 unspecified atom stereocenters. The van der Waals surface area contributed by atoms with Crippen LogP contribution in [0.1, 0.15) is 39.5 Å². The van der Waals surface area contributed by atoms with Gasteiger partial charge >= 0.3 is 5.97 Å². The highest BCUT2D eigenvalue weighted by Crippen LogP contribution is 2.24. The van der Waals surface area contributed by atoms with Crippen molar-refractivity contribution < 1.29 is 14.7 Å². The van der Waals surface area contributed by atoms with Crippen LogP contribution in [-0.2, 0) is 9.59 Å². The lowest BCUT2D eigenvalue weighted by Crippen LogP contribution is -2.25. The highest BCUT2D eigenvalue weighted by atomic mass is 16.4. The number of unbranched alkanes of at least 4 members (excludes halogenated alkanes) is 2. The lowest BCUT2D eigenvalue weighted by Gasteiger charge is -2.17. The number of allylic oxidation sites excluding steroid dienone is 1. The van der Waals surface area contributed by atoms with Crippen LogP contribution in [0, 0.1) is 0 Å². The van der Waals surface area contributed by atoms with Gasteiger partial charge in [-0.2, -0.15) is 0 Å². The van der Waals surface area contributed by atoms with Gasteiger partial charge in [-0.25, -0.2) is 4.79 Å². The van der Waals surface area contributed by atoms with Crippen molar-refractivity contribution in [1.82, 2.24) is 4.90 Å². The Bertz CT molecular complexity index is 307. The van der Waals surface area contributed by atoms with Gasteiger partial charge in [-0.15, -0.1) is 0 Å². The first-order valence-electron chi connectivity index (χ1n) is 5.31. The Kier molecular flexibility index (Phi) is 3.88. The molecule has 1 rings (SSSR count). The third-order valence-corrected chi connectivity index (χ3v) is 2.71. The Morgan fingerprint density at radius 1 is 1.47 bits per heavy atom. The second-order valence-corrected chi connectivity index (χ2v) is 3.80. The summed E-state index contributed by atoms with van der Waals surface area (Å²) in [5.74, 6) is -1.06. The molecule has 1 heterocycles. The quantitative estimate of drug-likeness (QED) is 0.705. The van der Waals surface area contributed by atoms with Crippen LogP contribution in [0.15, 0.2) is 11.3 Å². The first kappa shape index (κ1) is 11.8. The molecule has 0 atom stereocenters. The zero-order valence-electron chi connectivity index (χ0n) is 9.25. The lowest BCUT2D eigenvalue weighted by molar-refractivity contribution is -0.134. The summed E-state index contributed by atoms with van der Waals surface area (Å²) in [5.41, 5.74) is 0.861. The van der Waals surface area contributed by atoms with E-state index in [1.807, 2.05) is 0 Å². The summed E-state index contributed by atoms with van der Waals surface area (Å²) in [7, 11) is 0. The van der Waals surface area contributed by atoms with Crippen molar-refractivity contribution in [3.05, 3.63) is 11.3 Å². The average molecular weight is 211 g/mol. The Morgan fingerprint density at radius 3 is 2.60 bits per heavy atom. The maximum absolute atomic E-state index is 11.5. The Morgan fingerprint density at radius 2 is 2.13 bits per heavy atom. The van der Waals surface area contributed by atoms with Crippen molar-refractivity contribution in [3.63, 3.8) is 0 Å². The molecule has 0 radical (unpaired) electrons. The fraction of sp³-hybridized carbons (Fsp3) is 0.636. The standard InChI is InChI=1S/C11H17NO3/c1-3-4-5-6-12-8(2)9(11(14)15)7-10(12)13/h3-7H2,1-2H3,(H,14,15). The molecular formula is C11H17NO3. The average Bonchev–Trinajstić information content (AvgIpc) is 2.45. The topological polar surface area (TPSA) is 57.6 Å². The van der Waals surface area contributed by atoms with E-state index < -0.39 is 5.97 Å². The number of carbonyl (C=O) groups is 2. The van der Waals surface area contributed by atoms with E-state index in [-0.39, 0.29) is 17.9 Å². The van der Waals surface area contributed by atoms with Crippen LogP contribution < -0.4 is 0 Å². The van der Waals surface area contributed by atoms with Crippen molar-refractivity contribution in [2.75, 3.05) is 6.54 Å². The number of aliphatic carboxylic acids is 1. The molecule has 1 amide bonds. The van der Waals surface area contributed by atoms with Crippen LogP contribution in [0.4, 0.5) is 0 Å². The number of hydrogen-bond donors (Lipinski definition) is 1. The number of nitrogens with zero attached hydrogens (tertiary/aromatic N) is 1. The molecule has 1 aliphatic rings. The van der Waals surface area contributed by atoms with E-state index in [9.17, 15) is 9.59 Å². The maximum atomic E-state index is 11.5.